The summed E-state index contributed by atoms with van der Waals surface area (Å²) >= 11 is 0. The summed E-state index contributed by atoms with van der Waals surface area (Å²) in [6.45, 7) is 5.91. The number of benzene rings is 1. The van der Waals surface area contributed by atoms with E-state index in [0.29, 0.717) is 17.9 Å². The minimum absolute atomic E-state index is 0.0355. The molecule has 5 heteroatoms. The lowest BCUT2D eigenvalue weighted by Crippen LogP contribution is -2.13. The minimum atomic E-state index is -0.275. The summed E-state index contributed by atoms with van der Waals surface area (Å²) in [6.07, 6.45) is 0. The van der Waals surface area contributed by atoms with Crippen molar-refractivity contribution in [3.8, 4) is 5.75 Å². The third kappa shape index (κ3) is 2.99. The van der Waals surface area contributed by atoms with Gasteiger partial charge in [0.1, 0.15) is 23.9 Å². The van der Waals surface area contributed by atoms with Crippen molar-refractivity contribution >= 4 is 0 Å². The Bertz CT molecular complexity index is 576. The molecule has 1 heterocycles. The van der Waals surface area contributed by atoms with Gasteiger partial charge in [-0.25, -0.2) is 4.39 Å². The van der Waals surface area contributed by atoms with Gasteiger partial charge in [0.25, 0.3) is 0 Å². The Labute approximate surface area is 117 Å². The van der Waals surface area contributed by atoms with Crippen molar-refractivity contribution in [3.05, 3.63) is 46.6 Å². The van der Waals surface area contributed by atoms with Gasteiger partial charge in [0.2, 0.25) is 0 Å². The molecule has 1 aromatic heterocycles. The van der Waals surface area contributed by atoms with Gasteiger partial charge >= 0.3 is 0 Å². The van der Waals surface area contributed by atoms with Crippen LogP contribution in [-0.2, 0) is 6.61 Å². The second kappa shape index (κ2) is 6.05. The van der Waals surface area contributed by atoms with Gasteiger partial charge in [-0.15, -0.1) is 0 Å². The van der Waals surface area contributed by atoms with E-state index in [2.05, 4.69) is 10.5 Å². The first-order chi connectivity index (χ1) is 9.52. The SMILES string of the molecule is CNC(C)c1ccc(OCc2c(C)noc2C)cc1F. The lowest BCUT2D eigenvalue weighted by atomic mass is 10.1. The van der Waals surface area contributed by atoms with Crippen LogP contribution in [0.15, 0.2) is 22.7 Å². The van der Waals surface area contributed by atoms with E-state index < -0.39 is 0 Å². The van der Waals surface area contributed by atoms with E-state index in [1.54, 1.807) is 19.2 Å². The number of aryl methyl sites for hydroxylation is 2. The fourth-order valence-electron chi connectivity index (χ4n) is 1.97. The summed E-state index contributed by atoms with van der Waals surface area (Å²) in [5, 5.41) is 6.87. The summed E-state index contributed by atoms with van der Waals surface area (Å²) in [5.41, 5.74) is 2.32. The molecule has 0 amide bonds. The van der Waals surface area contributed by atoms with Crippen LogP contribution in [0, 0.1) is 19.7 Å². The van der Waals surface area contributed by atoms with E-state index in [4.69, 9.17) is 9.26 Å². The number of nitrogens with one attached hydrogen (secondary N) is 1. The highest BCUT2D eigenvalue weighted by atomic mass is 19.1. The van der Waals surface area contributed by atoms with Gasteiger partial charge in [-0.05, 0) is 33.9 Å². The lowest BCUT2D eigenvalue weighted by Gasteiger charge is -2.13. The van der Waals surface area contributed by atoms with Gasteiger partial charge in [0.05, 0.1) is 11.3 Å². The molecule has 1 unspecified atom stereocenters. The number of hydrogen-bond acceptors (Lipinski definition) is 4. The third-order valence-electron chi connectivity index (χ3n) is 3.44. The largest absolute Gasteiger partial charge is 0.489 e. The van der Waals surface area contributed by atoms with Crippen LogP contribution in [0.3, 0.4) is 0 Å². The number of ether oxygens (including phenoxy) is 1. The van der Waals surface area contributed by atoms with Crippen LogP contribution in [0.2, 0.25) is 0 Å². The smallest absolute Gasteiger partial charge is 0.140 e. The molecule has 4 nitrogen and oxygen atoms in total. The molecular formula is C15H19FN2O2. The van der Waals surface area contributed by atoms with Crippen molar-refractivity contribution in [2.24, 2.45) is 0 Å². The molecule has 0 radical (unpaired) electrons. The summed E-state index contributed by atoms with van der Waals surface area (Å²) in [5.74, 6) is 0.945. The predicted octanol–water partition coefficient (Wildman–Crippen LogP) is 3.29. The van der Waals surface area contributed by atoms with Crippen molar-refractivity contribution in [2.75, 3.05) is 7.05 Å². The number of hydrogen-bond donors (Lipinski definition) is 1. The van der Waals surface area contributed by atoms with E-state index in [9.17, 15) is 4.39 Å². The highest BCUT2D eigenvalue weighted by Gasteiger charge is 2.12. The third-order valence-corrected chi connectivity index (χ3v) is 3.44. The number of halogens is 1. The highest BCUT2D eigenvalue weighted by molar-refractivity contribution is 5.31. The zero-order chi connectivity index (χ0) is 14.7. The molecule has 0 aliphatic rings. The van der Waals surface area contributed by atoms with Crippen LogP contribution < -0.4 is 10.1 Å². The van der Waals surface area contributed by atoms with Gasteiger partial charge in [0, 0.05) is 17.7 Å². The van der Waals surface area contributed by atoms with E-state index in [1.807, 2.05) is 20.8 Å². The fraction of sp³-hybridized carbons (Fsp3) is 0.400. The van der Waals surface area contributed by atoms with Crippen molar-refractivity contribution in [1.29, 1.82) is 0 Å². The Hall–Kier alpha value is -1.88. The molecule has 1 aromatic carbocycles. The standard InChI is InChI=1S/C15H19FN2O2/c1-9(17-4)13-6-5-12(7-15(13)16)19-8-14-10(2)18-20-11(14)3/h5-7,9,17H,8H2,1-4H3. The molecule has 0 spiro atoms. The van der Waals surface area contributed by atoms with Crippen molar-refractivity contribution in [1.82, 2.24) is 10.5 Å². The summed E-state index contributed by atoms with van der Waals surface area (Å²) in [6, 6.07) is 4.87. The van der Waals surface area contributed by atoms with Crippen LogP contribution >= 0.6 is 0 Å². The normalized spacial score (nSPS) is 12.4. The summed E-state index contributed by atoms with van der Waals surface area (Å²) in [4.78, 5) is 0. The van der Waals surface area contributed by atoms with Crippen LogP contribution in [0.5, 0.6) is 5.75 Å². The molecule has 0 aliphatic carbocycles. The molecule has 20 heavy (non-hydrogen) atoms. The Morgan fingerprint density at radius 1 is 1.40 bits per heavy atom. The zero-order valence-corrected chi connectivity index (χ0v) is 12.2. The average Bonchev–Trinajstić information content (AvgIpc) is 2.75. The molecule has 1 N–H and O–H groups in total. The Kier molecular flexibility index (Phi) is 4.39. The van der Waals surface area contributed by atoms with Crippen LogP contribution in [0.1, 0.15) is 35.5 Å². The Morgan fingerprint density at radius 2 is 2.15 bits per heavy atom. The second-order valence-electron chi connectivity index (χ2n) is 4.79. The molecule has 0 fully saturated rings. The maximum atomic E-state index is 14.0. The van der Waals surface area contributed by atoms with Gasteiger partial charge < -0.3 is 14.6 Å². The van der Waals surface area contributed by atoms with E-state index in [1.165, 1.54) is 6.07 Å². The zero-order valence-electron chi connectivity index (χ0n) is 12.2. The lowest BCUT2D eigenvalue weighted by molar-refractivity contribution is 0.300. The molecule has 108 valence electrons. The quantitative estimate of drug-likeness (QED) is 0.911. The van der Waals surface area contributed by atoms with Gasteiger partial charge in [-0.1, -0.05) is 11.2 Å². The second-order valence-corrected chi connectivity index (χ2v) is 4.79. The Morgan fingerprint density at radius 3 is 2.70 bits per heavy atom. The maximum Gasteiger partial charge on any atom is 0.140 e. The first-order valence-electron chi connectivity index (χ1n) is 6.54. The molecule has 2 rings (SSSR count). The van der Waals surface area contributed by atoms with Crippen LogP contribution in [-0.4, -0.2) is 12.2 Å². The molecule has 0 saturated carbocycles. The number of nitrogens with zero attached hydrogens (tertiary/aromatic N) is 1. The van der Waals surface area contributed by atoms with Gasteiger partial charge in [0.15, 0.2) is 0 Å². The van der Waals surface area contributed by atoms with Crippen molar-refractivity contribution < 1.29 is 13.7 Å². The number of aromatic nitrogens is 1. The first kappa shape index (κ1) is 14.5. The first-order valence-corrected chi connectivity index (χ1v) is 6.54. The fourth-order valence-corrected chi connectivity index (χ4v) is 1.97. The maximum absolute atomic E-state index is 14.0. The molecule has 0 bridgehead atoms. The van der Waals surface area contributed by atoms with E-state index >= 15 is 0 Å². The average molecular weight is 278 g/mol. The monoisotopic (exact) mass is 278 g/mol. The molecule has 1 atom stereocenters. The van der Waals surface area contributed by atoms with Gasteiger partial charge in [-0.3, -0.25) is 0 Å². The Balaban J connectivity index is 2.09. The van der Waals surface area contributed by atoms with E-state index in [0.717, 1.165) is 17.0 Å². The molecule has 0 saturated heterocycles. The van der Waals surface area contributed by atoms with Gasteiger partial charge in [-0.2, -0.15) is 0 Å². The summed E-state index contributed by atoms with van der Waals surface area (Å²) < 4.78 is 24.6. The van der Waals surface area contributed by atoms with Crippen molar-refractivity contribution in [3.63, 3.8) is 0 Å². The number of rotatable bonds is 5. The summed E-state index contributed by atoms with van der Waals surface area (Å²) in [7, 11) is 1.80. The molecule has 0 aliphatic heterocycles. The molecule has 2 aromatic rings. The molecular weight excluding hydrogens is 259 g/mol. The highest BCUT2D eigenvalue weighted by Crippen LogP contribution is 2.23. The van der Waals surface area contributed by atoms with Crippen LogP contribution in [0.4, 0.5) is 4.39 Å². The topological polar surface area (TPSA) is 47.3 Å². The predicted molar refractivity (Wildman–Crippen MR) is 74.2 cm³/mol. The van der Waals surface area contributed by atoms with E-state index in [-0.39, 0.29) is 11.9 Å². The van der Waals surface area contributed by atoms with Crippen LogP contribution in [0.25, 0.3) is 0 Å². The minimum Gasteiger partial charge on any atom is -0.489 e. The van der Waals surface area contributed by atoms with Crippen molar-refractivity contribution in [2.45, 2.75) is 33.4 Å².